The van der Waals surface area contributed by atoms with Crippen molar-refractivity contribution in [3.05, 3.63) is 35.4 Å². The maximum absolute atomic E-state index is 13.2. The highest BCUT2D eigenvalue weighted by molar-refractivity contribution is 5.27. The van der Waals surface area contributed by atoms with E-state index in [1.165, 1.54) is 12.1 Å². The van der Waals surface area contributed by atoms with Gasteiger partial charge in [0.25, 0.3) is 0 Å². The van der Waals surface area contributed by atoms with Gasteiger partial charge < -0.3 is 5.32 Å². The van der Waals surface area contributed by atoms with Crippen molar-refractivity contribution in [2.24, 2.45) is 0 Å². The molecular weight excluding hydrogens is 291 g/mol. The maximum atomic E-state index is 13.2. The van der Waals surface area contributed by atoms with E-state index in [-0.39, 0.29) is 0 Å². The molecule has 0 saturated carbocycles. The number of nitrogens with zero attached hydrogens (tertiary/aromatic N) is 1. The Balaban J connectivity index is 2.05. The van der Waals surface area contributed by atoms with Gasteiger partial charge in [0.15, 0.2) is 0 Å². The van der Waals surface area contributed by atoms with Crippen molar-refractivity contribution in [3.63, 3.8) is 0 Å². The molecule has 0 aromatic heterocycles. The van der Waals surface area contributed by atoms with Gasteiger partial charge in [-0.25, -0.2) is 0 Å². The Labute approximate surface area is 119 Å². The summed E-state index contributed by atoms with van der Waals surface area (Å²) in [4.78, 5) is 2.15. The van der Waals surface area contributed by atoms with E-state index in [0.29, 0.717) is 6.54 Å². The number of nitrogens with one attached hydrogen (secondary N) is 1. The van der Waals surface area contributed by atoms with Gasteiger partial charge in [-0.1, -0.05) is 24.3 Å². The summed E-state index contributed by atoms with van der Waals surface area (Å²) in [6, 6.07) is 4.40. The Morgan fingerprint density at radius 2 is 1.62 bits per heavy atom. The van der Waals surface area contributed by atoms with Crippen LogP contribution in [0.5, 0.6) is 0 Å². The number of benzene rings is 1. The maximum Gasteiger partial charge on any atom is 0.458 e. The first-order valence-corrected chi connectivity index (χ1v) is 6.78. The van der Waals surface area contributed by atoms with Gasteiger partial charge in [0, 0.05) is 25.2 Å². The first kappa shape index (κ1) is 16.2. The minimum Gasteiger partial charge on any atom is -0.315 e. The predicted molar refractivity (Wildman–Crippen MR) is 69.2 cm³/mol. The zero-order valence-corrected chi connectivity index (χ0v) is 11.4. The molecule has 1 aliphatic heterocycles. The molecule has 1 fully saturated rings. The van der Waals surface area contributed by atoms with Crippen LogP contribution in [0.15, 0.2) is 24.3 Å². The fraction of sp³-hybridized carbons (Fsp3) is 0.571. The molecule has 2 rings (SSSR count). The van der Waals surface area contributed by atoms with E-state index in [2.05, 4.69) is 10.2 Å². The second kappa shape index (κ2) is 6.27. The first-order chi connectivity index (χ1) is 9.80. The highest BCUT2D eigenvalue weighted by Gasteiger charge is 2.58. The smallest absolute Gasteiger partial charge is 0.315 e. The number of rotatable bonds is 3. The van der Waals surface area contributed by atoms with Gasteiger partial charge in [-0.05, 0) is 25.1 Å². The highest BCUT2D eigenvalue weighted by atomic mass is 19.4. The molecule has 0 atom stereocenters. The van der Waals surface area contributed by atoms with Gasteiger partial charge in [0.1, 0.15) is 0 Å². The molecule has 0 spiro atoms. The molecule has 0 radical (unpaired) electrons. The molecule has 2 nitrogen and oxygen atoms in total. The summed E-state index contributed by atoms with van der Waals surface area (Å²) < 4.78 is 63.1. The number of halogens is 5. The molecule has 0 amide bonds. The van der Waals surface area contributed by atoms with Crippen molar-refractivity contribution in [1.82, 2.24) is 10.2 Å². The standard InChI is InChI=1S/C14H17F5N2/c15-13(16,14(17,18)19)12-4-2-11(3-5-12)10-21-8-1-6-20-7-9-21/h2-5,20H,1,6-10H2. The molecule has 0 aliphatic carbocycles. The Bertz CT molecular complexity index is 447. The van der Waals surface area contributed by atoms with Crippen LogP contribution in [0.2, 0.25) is 0 Å². The van der Waals surface area contributed by atoms with Gasteiger partial charge >= 0.3 is 12.1 Å². The van der Waals surface area contributed by atoms with Crippen LogP contribution in [-0.2, 0) is 12.5 Å². The molecule has 1 aromatic rings. The molecule has 1 N–H and O–H groups in total. The zero-order chi connectivity index (χ0) is 15.5. The van der Waals surface area contributed by atoms with Crippen LogP contribution >= 0.6 is 0 Å². The largest absolute Gasteiger partial charge is 0.458 e. The summed E-state index contributed by atoms with van der Waals surface area (Å²) in [7, 11) is 0. The number of hydrogen-bond donors (Lipinski definition) is 1. The van der Waals surface area contributed by atoms with Crippen molar-refractivity contribution >= 4 is 0 Å². The molecule has 1 saturated heterocycles. The third kappa shape index (κ3) is 3.91. The van der Waals surface area contributed by atoms with E-state index < -0.39 is 17.7 Å². The number of alkyl halides is 5. The Morgan fingerprint density at radius 3 is 2.24 bits per heavy atom. The number of hydrogen-bond acceptors (Lipinski definition) is 2. The fourth-order valence-electron chi connectivity index (χ4n) is 2.30. The summed E-state index contributed by atoms with van der Waals surface area (Å²) in [5.41, 5.74) is -0.282. The van der Waals surface area contributed by atoms with E-state index in [1.807, 2.05) is 0 Å². The lowest BCUT2D eigenvalue weighted by molar-refractivity contribution is -0.289. The fourth-order valence-corrected chi connectivity index (χ4v) is 2.30. The molecule has 7 heteroatoms. The summed E-state index contributed by atoms with van der Waals surface area (Å²) >= 11 is 0. The highest BCUT2D eigenvalue weighted by Crippen LogP contribution is 2.43. The quantitative estimate of drug-likeness (QED) is 0.863. The van der Waals surface area contributed by atoms with E-state index in [4.69, 9.17) is 0 Å². The molecule has 118 valence electrons. The van der Waals surface area contributed by atoms with Gasteiger partial charge in [0.05, 0.1) is 0 Å². The topological polar surface area (TPSA) is 15.3 Å². The SMILES string of the molecule is FC(F)(F)C(F)(F)c1ccc(CN2CCCNCC2)cc1. The van der Waals surface area contributed by atoms with Crippen molar-refractivity contribution in [2.75, 3.05) is 26.2 Å². The van der Waals surface area contributed by atoms with Crippen molar-refractivity contribution in [3.8, 4) is 0 Å². The molecular formula is C14H17F5N2. The molecule has 0 unspecified atom stereocenters. The summed E-state index contributed by atoms with van der Waals surface area (Å²) in [5.74, 6) is -4.81. The molecule has 1 aliphatic rings. The van der Waals surface area contributed by atoms with E-state index in [1.54, 1.807) is 0 Å². The van der Waals surface area contributed by atoms with Crippen molar-refractivity contribution < 1.29 is 22.0 Å². The summed E-state index contributed by atoms with van der Waals surface area (Å²) in [6.45, 7) is 4.06. The molecule has 21 heavy (non-hydrogen) atoms. The summed E-state index contributed by atoms with van der Waals surface area (Å²) in [6.07, 6.45) is -4.57. The summed E-state index contributed by atoms with van der Waals surface area (Å²) in [5, 5.41) is 3.24. The van der Waals surface area contributed by atoms with Crippen LogP contribution in [0, 0.1) is 0 Å². The first-order valence-electron chi connectivity index (χ1n) is 6.78. The zero-order valence-electron chi connectivity index (χ0n) is 11.4. The lowest BCUT2D eigenvalue weighted by Gasteiger charge is -2.21. The van der Waals surface area contributed by atoms with Gasteiger partial charge in [0.2, 0.25) is 0 Å². The van der Waals surface area contributed by atoms with E-state index in [0.717, 1.165) is 50.3 Å². The minimum absolute atomic E-state index is 0.555. The van der Waals surface area contributed by atoms with Gasteiger partial charge in [-0.15, -0.1) is 0 Å². The second-order valence-electron chi connectivity index (χ2n) is 5.15. The van der Waals surface area contributed by atoms with Crippen LogP contribution in [0.3, 0.4) is 0 Å². The average Bonchev–Trinajstić information content (AvgIpc) is 2.67. The Hall–Kier alpha value is -1.21. The van der Waals surface area contributed by atoms with Crippen LogP contribution < -0.4 is 5.32 Å². The Kier molecular flexibility index (Phi) is 4.83. The van der Waals surface area contributed by atoms with Gasteiger partial charge in [-0.3, -0.25) is 4.90 Å². The predicted octanol–water partition coefficient (Wildman–Crippen LogP) is 3.14. The van der Waals surface area contributed by atoms with E-state index >= 15 is 0 Å². The van der Waals surface area contributed by atoms with Crippen LogP contribution in [0.1, 0.15) is 17.5 Å². The van der Waals surface area contributed by atoms with Crippen molar-refractivity contribution in [2.45, 2.75) is 25.1 Å². The van der Waals surface area contributed by atoms with Crippen LogP contribution in [-0.4, -0.2) is 37.3 Å². The minimum atomic E-state index is -5.56. The molecule has 1 heterocycles. The van der Waals surface area contributed by atoms with Crippen molar-refractivity contribution in [1.29, 1.82) is 0 Å². The van der Waals surface area contributed by atoms with Crippen LogP contribution in [0.25, 0.3) is 0 Å². The lowest BCUT2D eigenvalue weighted by atomic mass is 10.1. The van der Waals surface area contributed by atoms with Crippen LogP contribution in [0.4, 0.5) is 22.0 Å². The molecule has 1 aromatic carbocycles. The third-order valence-electron chi connectivity index (χ3n) is 3.51. The Morgan fingerprint density at radius 1 is 0.952 bits per heavy atom. The average molecular weight is 308 g/mol. The normalized spacial score (nSPS) is 18.5. The van der Waals surface area contributed by atoms with E-state index in [9.17, 15) is 22.0 Å². The second-order valence-corrected chi connectivity index (χ2v) is 5.15. The lowest BCUT2D eigenvalue weighted by Crippen LogP contribution is -2.33. The van der Waals surface area contributed by atoms with Gasteiger partial charge in [-0.2, -0.15) is 22.0 Å². The monoisotopic (exact) mass is 308 g/mol. The molecule has 0 bridgehead atoms. The third-order valence-corrected chi connectivity index (χ3v) is 3.51.